The molecule has 1 amide bonds. The summed E-state index contributed by atoms with van der Waals surface area (Å²) in [5, 5.41) is 0.713. The molecule has 0 aromatic carbocycles. The molecule has 1 fully saturated rings. The number of rotatable bonds is 3. The summed E-state index contributed by atoms with van der Waals surface area (Å²) in [7, 11) is 0. The second-order valence-corrected chi connectivity index (χ2v) is 5.33. The Bertz CT molecular complexity index is 200. The number of thioether (sulfide) groups is 1. The van der Waals surface area contributed by atoms with Crippen molar-refractivity contribution in [3.8, 4) is 0 Å². The van der Waals surface area contributed by atoms with E-state index in [1.54, 1.807) is 0 Å². The minimum absolute atomic E-state index is 0.407. The molecule has 2 unspecified atom stereocenters. The van der Waals surface area contributed by atoms with Crippen molar-refractivity contribution in [3.05, 3.63) is 0 Å². The van der Waals surface area contributed by atoms with Crippen molar-refractivity contribution in [2.75, 3.05) is 25.4 Å². The maximum Gasteiger partial charge on any atom is 0.235 e. The zero-order chi connectivity index (χ0) is 10.6. The summed E-state index contributed by atoms with van der Waals surface area (Å²) in [5.41, 5.74) is 10.7. The average molecular weight is 217 g/mol. The molecule has 1 rings (SSSR count). The van der Waals surface area contributed by atoms with Gasteiger partial charge in [-0.3, -0.25) is 4.79 Å². The minimum Gasteiger partial charge on any atom is -0.368 e. The van der Waals surface area contributed by atoms with E-state index in [0.29, 0.717) is 11.8 Å². The van der Waals surface area contributed by atoms with Crippen LogP contribution in [-0.4, -0.2) is 47.5 Å². The summed E-state index contributed by atoms with van der Waals surface area (Å²) in [6.45, 7) is 4.87. The standard InChI is InChI=1S/C9H19N3OS/c1-7-2-3-12(4-5-14-7)6-8(10)9(11)13/h7-8H,2-6,10H2,1H3,(H2,11,13). The van der Waals surface area contributed by atoms with Gasteiger partial charge in [-0.1, -0.05) is 6.92 Å². The summed E-state index contributed by atoms with van der Waals surface area (Å²) < 4.78 is 0. The molecule has 5 heteroatoms. The molecule has 0 aromatic heterocycles. The van der Waals surface area contributed by atoms with E-state index < -0.39 is 11.9 Å². The van der Waals surface area contributed by atoms with Crippen LogP contribution in [0.3, 0.4) is 0 Å². The van der Waals surface area contributed by atoms with Crippen LogP contribution in [0, 0.1) is 0 Å². The van der Waals surface area contributed by atoms with Gasteiger partial charge in [-0.15, -0.1) is 0 Å². The molecule has 4 N–H and O–H groups in total. The topological polar surface area (TPSA) is 72.3 Å². The van der Waals surface area contributed by atoms with E-state index in [2.05, 4.69) is 11.8 Å². The first-order valence-electron chi connectivity index (χ1n) is 4.98. The van der Waals surface area contributed by atoms with Crippen molar-refractivity contribution < 1.29 is 4.79 Å². The van der Waals surface area contributed by atoms with Crippen LogP contribution in [0.1, 0.15) is 13.3 Å². The van der Waals surface area contributed by atoms with E-state index in [0.717, 1.165) is 25.3 Å². The summed E-state index contributed by atoms with van der Waals surface area (Å²) in [6.07, 6.45) is 1.16. The number of primary amides is 1. The monoisotopic (exact) mass is 217 g/mol. The normalized spacial score (nSPS) is 26.9. The lowest BCUT2D eigenvalue weighted by atomic mass is 10.2. The summed E-state index contributed by atoms with van der Waals surface area (Å²) >= 11 is 1.98. The summed E-state index contributed by atoms with van der Waals surface area (Å²) in [6, 6.07) is -0.520. The van der Waals surface area contributed by atoms with Gasteiger partial charge in [0.25, 0.3) is 0 Å². The van der Waals surface area contributed by atoms with Crippen LogP contribution in [0.15, 0.2) is 0 Å². The maximum absolute atomic E-state index is 10.8. The smallest absolute Gasteiger partial charge is 0.235 e. The molecule has 1 aliphatic heterocycles. The first-order chi connectivity index (χ1) is 6.59. The molecular weight excluding hydrogens is 198 g/mol. The van der Waals surface area contributed by atoms with Gasteiger partial charge >= 0.3 is 0 Å². The average Bonchev–Trinajstić information content (AvgIpc) is 2.31. The van der Waals surface area contributed by atoms with E-state index >= 15 is 0 Å². The molecule has 4 nitrogen and oxygen atoms in total. The molecule has 0 aliphatic carbocycles. The van der Waals surface area contributed by atoms with Gasteiger partial charge in [0.1, 0.15) is 0 Å². The van der Waals surface area contributed by atoms with Crippen molar-refractivity contribution in [2.24, 2.45) is 11.5 Å². The quantitative estimate of drug-likeness (QED) is 0.676. The third-order valence-electron chi connectivity index (χ3n) is 2.48. The lowest BCUT2D eigenvalue weighted by Gasteiger charge is -2.21. The van der Waals surface area contributed by atoms with Crippen LogP contribution in [0.4, 0.5) is 0 Å². The Labute approximate surface area is 89.4 Å². The number of hydrogen-bond donors (Lipinski definition) is 2. The van der Waals surface area contributed by atoms with E-state index in [1.165, 1.54) is 0 Å². The molecule has 1 aliphatic rings. The molecule has 0 spiro atoms. The van der Waals surface area contributed by atoms with Crippen molar-refractivity contribution in [3.63, 3.8) is 0 Å². The Morgan fingerprint density at radius 2 is 2.36 bits per heavy atom. The Kier molecular flexibility index (Phi) is 4.71. The lowest BCUT2D eigenvalue weighted by molar-refractivity contribution is -0.119. The van der Waals surface area contributed by atoms with Crippen LogP contribution < -0.4 is 11.5 Å². The molecule has 1 heterocycles. The highest BCUT2D eigenvalue weighted by molar-refractivity contribution is 7.99. The molecule has 0 aromatic rings. The molecule has 1 saturated heterocycles. The van der Waals surface area contributed by atoms with Crippen LogP contribution in [0.5, 0.6) is 0 Å². The number of carbonyl (C=O) groups excluding carboxylic acids is 1. The van der Waals surface area contributed by atoms with E-state index in [4.69, 9.17) is 11.5 Å². The van der Waals surface area contributed by atoms with E-state index in [9.17, 15) is 4.79 Å². The highest BCUT2D eigenvalue weighted by Gasteiger charge is 2.18. The maximum atomic E-state index is 10.8. The minimum atomic E-state index is -0.520. The summed E-state index contributed by atoms with van der Waals surface area (Å²) in [4.78, 5) is 13.0. The van der Waals surface area contributed by atoms with Crippen molar-refractivity contribution >= 4 is 17.7 Å². The van der Waals surface area contributed by atoms with Gasteiger partial charge in [-0.25, -0.2) is 0 Å². The lowest BCUT2D eigenvalue weighted by Crippen LogP contribution is -2.46. The van der Waals surface area contributed by atoms with Gasteiger partial charge < -0.3 is 16.4 Å². The first kappa shape index (κ1) is 11.8. The molecular formula is C9H19N3OS. The SMILES string of the molecule is CC1CCN(CC(N)C(N)=O)CCS1. The molecule has 2 atom stereocenters. The zero-order valence-electron chi connectivity index (χ0n) is 8.61. The fourth-order valence-electron chi connectivity index (χ4n) is 1.49. The van der Waals surface area contributed by atoms with Gasteiger partial charge in [0.2, 0.25) is 5.91 Å². The molecule has 14 heavy (non-hydrogen) atoms. The molecule has 0 radical (unpaired) electrons. The third kappa shape index (κ3) is 3.86. The van der Waals surface area contributed by atoms with E-state index in [-0.39, 0.29) is 0 Å². The van der Waals surface area contributed by atoms with Crippen molar-refractivity contribution in [2.45, 2.75) is 24.6 Å². The molecule has 82 valence electrons. The van der Waals surface area contributed by atoms with E-state index in [1.807, 2.05) is 11.8 Å². The Balaban J connectivity index is 2.33. The van der Waals surface area contributed by atoms with Gasteiger partial charge in [0.15, 0.2) is 0 Å². The molecule has 0 bridgehead atoms. The number of amides is 1. The van der Waals surface area contributed by atoms with Gasteiger partial charge in [-0.05, 0) is 13.0 Å². The highest BCUT2D eigenvalue weighted by atomic mass is 32.2. The second-order valence-electron chi connectivity index (χ2n) is 3.78. The predicted molar refractivity (Wildman–Crippen MR) is 60.1 cm³/mol. The van der Waals surface area contributed by atoms with Crippen molar-refractivity contribution in [1.29, 1.82) is 0 Å². The van der Waals surface area contributed by atoms with Gasteiger partial charge in [0.05, 0.1) is 6.04 Å². The predicted octanol–water partition coefficient (Wildman–Crippen LogP) is -0.374. The largest absolute Gasteiger partial charge is 0.368 e. The van der Waals surface area contributed by atoms with Crippen LogP contribution in [0.25, 0.3) is 0 Å². The van der Waals surface area contributed by atoms with Gasteiger partial charge in [0, 0.05) is 24.1 Å². The zero-order valence-corrected chi connectivity index (χ0v) is 9.43. The Hall–Kier alpha value is -0.260. The third-order valence-corrected chi connectivity index (χ3v) is 3.71. The Morgan fingerprint density at radius 1 is 1.64 bits per heavy atom. The fraction of sp³-hybridized carbons (Fsp3) is 0.889. The van der Waals surface area contributed by atoms with Crippen molar-refractivity contribution in [1.82, 2.24) is 4.90 Å². The van der Waals surface area contributed by atoms with Crippen LogP contribution >= 0.6 is 11.8 Å². The number of hydrogen-bond acceptors (Lipinski definition) is 4. The Morgan fingerprint density at radius 3 is 3.00 bits per heavy atom. The highest BCUT2D eigenvalue weighted by Crippen LogP contribution is 2.18. The number of carbonyl (C=O) groups is 1. The second kappa shape index (κ2) is 5.58. The number of nitrogens with zero attached hydrogens (tertiary/aromatic N) is 1. The number of nitrogens with two attached hydrogens (primary N) is 2. The van der Waals surface area contributed by atoms with Crippen LogP contribution in [-0.2, 0) is 4.79 Å². The molecule has 0 saturated carbocycles. The summed E-state index contributed by atoms with van der Waals surface area (Å²) in [5.74, 6) is 0.710. The van der Waals surface area contributed by atoms with Gasteiger partial charge in [-0.2, -0.15) is 11.8 Å². The first-order valence-corrected chi connectivity index (χ1v) is 6.03. The fourth-order valence-corrected chi connectivity index (χ4v) is 2.53. The van der Waals surface area contributed by atoms with Crippen LogP contribution in [0.2, 0.25) is 0 Å².